The number of benzene rings is 2. The smallest absolute Gasteiger partial charge is 0.127 e. The molecule has 1 heterocycles. The van der Waals surface area contributed by atoms with Crippen molar-refractivity contribution in [3.8, 4) is 5.75 Å². The molecule has 0 spiro atoms. The predicted octanol–water partition coefficient (Wildman–Crippen LogP) is 4.02. The first-order valence-electron chi connectivity index (χ1n) is 6.98. The minimum atomic E-state index is -0.0302. The Kier molecular flexibility index (Phi) is 4.08. The van der Waals surface area contributed by atoms with E-state index in [0.717, 1.165) is 41.7 Å². The van der Waals surface area contributed by atoms with Gasteiger partial charge < -0.3 is 10.5 Å². The van der Waals surface area contributed by atoms with Gasteiger partial charge in [0.2, 0.25) is 0 Å². The fraction of sp³-hybridized carbons (Fsp3) is 0.294. The number of ether oxygens (including phenoxy) is 1. The van der Waals surface area contributed by atoms with E-state index in [1.54, 1.807) is 0 Å². The Bertz CT molecular complexity index is 612. The summed E-state index contributed by atoms with van der Waals surface area (Å²) in [6.45, 7) is 0.799. The van der Waals surface area contributed by atoms with Crippen LogP contribution in [0.4, 0.5) is 0 Å². The molecule has 1 aliphatic heterocycles. The first-order chi connectivity index (χ1) is 9.74. The highest BCUT2D eigenvalue weighted by molar-refractivity contribution is 9.10. The lowest BCUT2D eigenvalue weighted by molar-refractivity contribution is 0.283. The standard InChI is InChI=1S/C17H18BrNO/c18-14-7-1-4-12(10-14)11-16(19)15-8-2-5-13-6-3-9-20-17(13)15/h1-2,4-5,7-8,10,16H,3,6,9,11,19H2. The van der Waals surface area contributed by atoms with Gasteiger partial charge >= 0.3 is 0 Å². The van der Waals surface area contributed by atoms with Gasteiger partial charge in [-0.25, -0.2) is 0 Å². The Morgan fingerprint density at radius 3 is 2.90 bits per heavy atom. The van der Waals surface area contributed by atoms with Gasteiger partial charge in [-0.05, 0) is 42.5 Å². The van der Waals surface area contributed by atoms with Crippen LogP contribution in [-0.4, -0.2) is 6.61 Å². The van der Waals surface area contributed by atoms with Gasteiger partial charge in [0.15, 0.2) is 0 Å². The number of rotatable bonds is 3. The molecule has 0 fully saturated rings. The van der Waals surface area contributed by atoms with Gasteiger partial charge in [0.1, 0.15) is 5.75 Å². The quantitative estimate of drug-likeness (QED) is 0.921. The summed E-state index contributed by atoms with van der Waals surface area (Å²) >= 11 is 3.50. The van der Waals surface area contributed by atoms with Crippen LogP contribution in [0.3, 0.4) is 0 Å². The van der Waals surface area contributed by atoms with Crippen LogP contribution in [0.1, 0.15) is 29.2 Å². The molecule has 1 aliphatic rings. The fourth-order valence-corrected chi connectivity index (χ4v) is 3.18. The van der Waals surface area contributed by atoms with Gasteiger partial charge in [0.25, 0.3) is 0 Å². The number of hydrogen-bond acceptors (Lipinski definition) is 2. The molecule has 0 saturated heterocycles. The number of fused-ring (bicyclic) bond motifs is 1. The molecular formula is C17H18BrNO. The molecule has 0 radical (unpaired) electrons. The molecular weight excluding hydrogens is 314 g/mol. The van der Waals surface area contributed by atoms with Crippen LogP contribution in [0.25, 0.3) is 0 Å². The highest BCUT2D eigenvalue weighted by atomic mass is 79.9. The maximum absolute atomic E-state index is 6.41. The molecule has 3 rings (SSSR count). The van der Waals surface area contributed by atoms with Gasteiger partial charge in [0.05, 0.1) is 6.61 Å². The largest absolute Gasteiger partial charge is 0.493 e. The van der Waals surface area contributed by atoms with Crippen LogP contribution in [0.15, 0.2) is 46.9 Å². The Balaban J connectivity index is 1.85. The summed E-state index contributed by atoms with van der Waals surface area (Å²) in [4.78, 5) is 0. The first-order valence-corrected chi connectivity index (χ1v) is 7.78. The molecule has 0 aromatic heterocycles. The first kappa shape index (κ1) is 13.7. The van der Waals surface area contributed by atoms with Crippen LogP contribution < -0.4 is 10.5 Å². The molecule has 0 saturated carbocycles. The monoisotopic (exact) mass is 331 g/mol. The van der Waals surface area contributed by atoms with Crippen LogP contribution >= 0.6 is 15.9 Å². The molecule has 3 heteroatoms. The van der Waals surface area contributed by atoms with Crippen LogP contribution in [-0.2, 0) is 12.8 Å². The normalized spacial score (nSPS) is 15.3. The molecule has 2 N–H and O–H groups in total. The number of hydrogen-bond donors (Lipinski definition) is 1. The van der Waals surface area contributed by atoms with Crippen molar-refractivity contribution < 1.29 is 4.74 Å². The lowest BCUT2D eigenvalue weighted by atomic mass is 9.94. The summed E-state index contributed by atoms with van der Waals surface area (Å²) in [5.41, 5.74) is 10.1. The third kappa shape index (κ3) is 2.89. The van der Waals surface area contributed by atoms with Gasteiger partial charge in [-0.15, -0.1) is 0 Å². The van der Waals surface area contributed by atoms with Crippen molar-refractivity contribution in [1.82, 2.24) is 0 Å². The van der Waals surface area contributed by atoms with E-state index < -0.39 is 0 Å². The number of halogens is 1. The zero-order chi connectivity index (χ0) is 13.9. The van der Waals surface area contributed by atoms with Crippen molar-refractivity contribution in [3.05, 3.63) is 63.6 Å². The Labute approximate surface area is 128 Å². The van der Waals surface area contributed by atoms with E-state index in [1.165, 1.54) is 11.1 Å². The third-order valence-electron chi connectivity index (χ3n) is 3.71. The molecule has 2 nitrogen and oxygen atoms in total. The van der Waals surface area contributed by atoms with Crippen molar-refractivity contribution in [2.45, 2.75) is 25.3 Å². The van der Waals surface area contributed by atoms with Crippen LogP contribution in [0.5, 0.6) is 5.75 Å². The lowest BCUT2D eigenvalue weighted by Crippen LogP contribution is -2.18. The SMILES string of the molecule is NC(Cc1cccc(Br)c1)c1cccc2c1OCCC2. The maximum atomic E-state index is 6.41. The van der Waals surface area contributed by atoms with Crippen LogP contribution in [0, 0.1) is 0 Å². The Morgan fingerprint density at radius 1 is 1.20 bits per heavy atom. The van der Waals surface area contributed by atoms with Crippen LogP contribution in [0.2, 0.25) is 0 Å². The summed E-state index contributed by atoms with van der Waals surface area (Å²) in [6, 6.07) is 14.6. The van der Waals surface area contributed by atoms with E-state index in [0.29, 0.717) is 0 Å². The second-order valence-corrected chi connectivity index (χ2v) is 6.14. The molecule has 1 unspecified atom stereocenters. The van der Waals surface area contributed by atoms with E-state index in [1.807, 2.05) is 12.1 Å². The molecule has 2 aromatic carbocycles. The highest BCUT2D eigenvalue weighted by Gasteiger charge is 2.18. The van der Waals surface area contributed by atoms with E-state index in [2.05, 4.69) is 46.3 Å². The lowest BCUT2D eigenvalue weighted by Gasteiger charge is -2.23. The predicted molar refractivity (Wildman–Crippen MR) is 85.0 cm³/mol. The second-order valence-electron chi connectivity index (χ2n) is 5.23. The average molecular weight is 332 g/mol. The zero-order valence-electron chi connectivity index (χ0n) is 11.3. The summed E-state index contributed by atoms with van der Waals surface area (Å²) in [5.74, 6) is 1.02. The zero-order valence-corrected chi connectivity index (χ0v) is 12.9. The molecule has 20 heavy (non-hydrogen) atoms. The Hall–Kier alpha value is -1.32. The number of nitrogens with two attached hydrogens (primary N) is 1. The third-order valence-corrected chi connectivity index (χ3v) is 4.20. The molecule has 0 amide bonds. The number of aryl methyl sites for hydroxylation is 1. The van der Waals surface area contributed by atoms with E-state index in [-0.39, 0.29) is 6.04 Å². The minimum Gasteiger partial charge on any atom is -0.493 e. The maximum Gasteiger partial charge on any atom is 0.127 e. The molecule has 104 valence electrons. The van der Waals surface area contributed by atoms with Gasteiger partial charge in [-0.3, -0.25) is 0 Å². The second kappa shape index (κ2) is 5.98. The van der Waals surface area contributed by atoms with Crippen molar-refractivity contribution in [3.63, 3.8) is 0 Å². The summed E-state index contributed by atoms with van der Waals surface area (Å²) in [5, 5.41) is 0. The highest BCUT2D eigenvalue weighted by Crippen LogP contribution is 2.33. The van der Waals surface area contributed by atoms with Crippen molar-refractivity contribution >= 4 is 15.9 Å². The van der Waals surface area contributed by atoms with Crippen molar-refractivity contribution in [2.75, 3.05) is 6.61 Å². The van der Waals surface area contributed by atoms with Gasteiger partial charge in [0, 0.05) is 16.1 Å². The number of para-hydroxylation sites is 1. The molecule has 2 aromatic rings. The molecule has 0 aliphatic carbocycles. The van der Waals surface area contributed by atoms with Crippen molar-refractivity contribution in [2.24, 2.45) is 5.73 Å². The van der Waals surface area contributed by atoms with E-state index in [9.17, 15) is 0 Å². The molecule has 0 bridgehead atoms. The summed E-state index contributed by atoms with van der Waals surface area (Å²) in [7, 11) is 0. The summed E-state index contributed by atoms with van der Waals surface area (Å²) < 4.78 is 6.94. The Morgan fingerprint density at radius 2 is 2.05 bits per heavy atom. The van der Waals surface area contributed by atoms with E-state index >= 15 is 0 Å². The average Bonchev–Trinajstić information content (AvgIpc) is 2.46. The summed E-state index contributed by atoms with van der Waals surface area (Å²) in [6.07, 6.45) is 3.00. The fourth-order valence-electron chi connectivity index (χ4n) is 2.73. The minimum absolute atomic E-state index is 0.0302. The van der Waals surface area contributed by atoms with E-state index in [4.69, 9.17) is 10.5 Å². The molecule has 1 atom stereocenters. The van der Waals surface area contributed by atoms with Crippen molar-refractivity contribution in [1.29, 1.82) is 0 Å². The van der Waals surface area contributed by atoms with Gasteiger partial charge in [-0.2, -0.15) is 0 Å². The topological polar surface area (TPSA) is 35.2 Å². The van der Waals surface area contributed by atoms with Gasteiger partial charge in [-0.1, -0.05) is 46.3 Å².